The highest BCUT2D eigenvalue weighted by Gasteiger charge is 2.61. The van der Waals surface area contributed by atoms with Gasteiger partial charge in [0, 0.05) is 17.9 Å². The van der Waals surface area contributed by atoms with Crippen molar-refractivity contribution in [3.8, 4) is 0 Å². The van der Waals surface area contributed by atoms with Crippen LogP contribution in [0.4, 0.5) is 0 Å². The van der Waals surface area contributed by atoms with Crippen LogP contribution in [0.15, 0.2) is 24.3 Å². The van der Waals surface area contributed by atoms with Crippen molar-refractivity contribution in [3.63, 3.8) is 0 Å². The second kappa shape index (κ2) is 4.97. The van der Waals surface area contributed by atoms with Crippen LogP contribution < -0.4 is 10.6 Å². The Hall–Kier alpha value is -1.35. The Morgan fingerprint density at radius 3 is 3.05 bits per heavy atom. The Morgan fingerprint density at radius 2 is 2.21 bits per heavy atom. The smallest absolute Gasteiger partial charge is 0.224 e. The second-order valence-corrected chi connectivity index (χ2v) is 5.82. The molecule has 0 bridgehead atoms. The molecule has 2 atom stereocenters. The summed E-state index contributed by atoms with van der Waals surface area (Å²) in [6.07, 6.45) is 4.33. The zero-order valence-electron chi connectivity index (χ0n) is 11.5. The maximum Gasteiger partial charge on any atom is 0.224 e. The maximum atomic E-state index is 12.2. The first kappa shape index (κ1) is 12.7. The number of benzene rings is 1. The summed E-state index contributed by atoms with van der Waals surface area (Å²) < 4.78 is 0. The lowest BCUT2D eigenvalue weighted by molar-refractivity contribution is -0.122. The molecule has 2 unspecified atom stereocenters. The van der Waals surface area contributed by atoms with Crippen LogP contribution in [-0.4, -0.2) is 26.0 Å². The molecule has 1 spiro atoms. The van der Waals surface area contributed by atoms with E-state index < -0.39 is 0 Å². The minimum atomic E-state index is 0.184. The van der Waals surface area contributed by atoms with Gasteiger partial charge in [-0.05, 0) is 50.4 Å². The van der Waals surface area contributed by atoms with Crippen LogP contribution in [0, 0.1) is 5.92 Å². The summed E-state index contributed by atoms with van der Waals surface area (Å²) in [5, 5.41) is 6.18. The molecule has 0 aliphatic heterocycles. The van der Waals surface area contributed by atoms with Gasteiger partial charge in [-0.3, -0.25) is 4.79 Å². The standard InChI is InChI=1S/C16H22N2O/c1-17-9-4-10-18-15(19)14-11-16(14)8-7-12-5-2-3-6-13(12)16/h2-3,5-6,14,17H,4,7-11H2,1H3,(H,18,19). The highest BCUT2D eigenvalue weighted by Crippen LogP contribution is 2.61. The minimum Gasteiger partial charge on any atom is -0.356 e. The first-order valence-corrected chi connectivity index (χ1v) is 7.28. The number of hydrogen-bond donors (Lipinski definition) is 2. The zero-order valence-corrected chi connectivity index (χ0v) is 11.5. The number of amides is 1. The van der Waals surface area contributed by atoms with Gasteiger partial charge in [0.15, 0.2) is 0 Å². The Balaban J connectivity index is 1.60. The topological polar surface area (TPSA) is 41.1 Å². The third-order valence-corrected chi connectivity index (χ3v) is 4.69. The van der Waals surface area contributed by atoms with Crippen molar-refractivity contribution in [2.75, 3.05) is 20.1 Å². The first-order valence-electron chi connectivity index (χ1n) is 7.28. The molecule has 2 aliphatic rings. The highest BCUT2D eigenvalue weighted by atomic mass is 16.2. The fraction of sp³-hybridized carbons (Fsp3) is 0.562. The predicted octanol–water partition coefficient (Wildman–Crippen LogP) is 1.62. The lowest BCUT2D eigenvalue weighted by Crippen LogP contribution is -2.30. The molecule has 3 rings (SSSR count). The largest absolute Gasteiger partial charge is 0.356 e. The zero-order chi connectivity index (χ0) is 13.3. The molecule has 0 heterocycles. The Morgan fingerprint density at radius 1 is 1.37 bits per heavy atom. The fourth-order valence-electron chi connectivity index (χ4n) is 3.54. The van der Waals surface area contributed by atoms with Crippen LogP contribution in [0.1, 0.15) is 30.4 Å². The Labute approximate surface area is 114 Å². The van der Waals surface area contributed by atoms with Crippen LogP contribution in [0.5, 0.6) is 0 Å². The summed E-state index contributed by atoms with van der Waals surface area (Å²) in [4.78, 5) is 12.2. The molecule has 1 saturated carbocycles. The van der Waals surface area contributed by atoms with Gasteiger partial charge in [-0.1, -0.05) is 24.3 Å². The van der Waals surface area contributed by atoms with Gasteiger partial charge in [0.05, 0.1) is 0 Å². The van der Waals surface area contributed by atoms with Crippen molar-refractivity contribution in [1.82, 2.24) is 10.6 Å². The SMILES string of the molecule is CNCCCNC(=O)C1CC12CCc1ccccc12. The molecule has 0 saturated heterocycles. The molecule has 19 heavy (non-hydrogen) atoms. The molecule has 0 radical (unpaired) electrons. The first-order chi connectivity index (χ1) is 9.28. The van der Waals surface area contributed by atoms with E-state index >= 15 is 0 Å². The van der Waals surface area contributed by atoms with Crippen molar-refractivity contribution in [3.05, 3.63) is 35.4 Å². The number of carbonyl (C=O) groups is 1. The van der Waals surface area contributed by atoms with Gasteiger partial charge in [-0.2, -0.15) is 0 Å². The normalized spacial score (nSPS) is 27.3. The summed E-state index contributed by atoms with van der Waals surface area (Å²) in [7, 11) is 1.94. The van der Waals surface area contributed by atoms with Gasteiger partial charge >= 0.3 is 0 Å². The highest BCUT2D eigenvalue weighted by molar-refractivity contribution is 5.84. The lowest BCUT2D eigenvalue weighted by atomic mass is 9.95. The summed E-state index contributed by atoms with van der Waals surface area (Å²) in [5.41, 5.74) is 3.07. The van der Waals surface area contributed by atoms with E-state index in [9.17, 15) is 4.79 Å². The number of fused-ring (bicyclic) bond motifs is 2. The van der Waals surface area contributed by atoms with Crippen LogP contribution >= 0.6 is 0 Å². The Kier molecular flexibility index (Phi) is 3.31. The maximum absolute atomic E-state index is 12.2. The van der Waals surface area contributed by atoms with Gasteiger partial charge in [0.2, 0.25) is 5.91 Å². The molecule has 102 valence electrons. The lowest BCUT2D eigenvalue weighted by Gasteiger charge is -2.11. The van der Waals surface area contributed by atoms with E-state index in [1.54, 1.807) is 0 Å². The van der Waals surface area contributed by atoms with E-state index in [4.69, 9.17) is 0 Å². The summed E-state index contributed by atoms with van der Waals surface area (Å²) in [6.45, 7) is 1.74. The number of rotatable bonds is 5. The van der Waals surface area contributed by atoms with Gasteiger partial charge in [0.1, 0.15) is 0 Å². The van der Waals surface area contributed by atoms with Gasteiger partial charge in [-0.15, -0.1) is 0 Å². The van der Waals surface area contributed by atoms with Crippen LogP contribution in [-0.2, 0) is 16.6 Å². The predicted molar refractivity (Wildman–Crippen MR) is 76.1 cm³/mol. The Bertz CT molecular complexity index is 485. The summed E-state index contributed by atoms with van der Waals surface area (Å²) in [5.74, 6) is 0.471. The van der Waals surface area contributed by atoms with E-state index in [-0.39, 0.29) is 17.2 Å². The average Bonchev–Trinajstić information content (AvgIpc) is 3.06. The molecule has 2 N–H and O–H groups in total. The van der Waals surface area contributed by atoms with E-state index in [1.165, 1.54) is 11.1 Å². The second-order valence-electron chi connectivity index (χ2n) is 5.82. The van der Waals surface area contributed by atoms with Crippen LogP contribution in [0.2, 0.25) is 0 Å². The number of aryl methyl sites for hydroxylation is 1. The van der Waals surface area contributed by atoms with Crippen LogP contribution in [0.3, 0.4) is 0 Å². The van der Waals surface area contributed by atoms with Gasteiger partial charge in [-0.25, -0.2) is 0 Å². The van der Waals surface area contributed by atoms with Gasteiger partial charge < -0.3 is 10.6 Å². The quantitative estimate of drug-likeness (QED) is 0.788. The molecule has 1 aromatic rings. The van der Waals surface area contributed by atoms with Gasteiger partial charge in [0.25, 0.3) is 0 Å². The molecular formula is C16H22N2O. The average molecular weight is 258 g/mol. The molecule has 2 aliphatic carbocycles. The molecule has 1 aromatic carbocycles. The molecular weight excluding hydrogens is 236 g/mol. The third-order valence-electron chi connectivity index (χ3n) is 4.69. The van der Waals surface area contributed by atoms with E-state index in [0.29, 0.717) is 0 Å². The number of hydrogen-bond acceptors (Lipinski definition) is 2. The van der Waals surface area contributed by atoms with Crippen LogP contribution in [0.25, 0.3) is 0 Å². The molecule has 3 nitrogen and oxygen atoms in total. The molecule has 1 amide bonds. The third kappa shape index (κ3) is 2.16. The van der Waals surface area contributed by atoms with E-state index in [2.05, 4.69) is 34.9 Å². The van der Waals surface area contributed by atoms with Crippen molar-refractivity contribution in [1.29, 1.82) is 0 Å². The van der Waals surface area contributed by atoms with Crippen molar-refractivity contribution in [2.45, 2.75) is 31.1 Å². The van der Waals surface area contributed by atoms with E-state index in [1.807, 2.05) is 7.05 Å². The monoisotopic (exact) mass is 258 g/mol. The molecule has 0 aromatic heterocycles. The van der Waals surface area contributed by atoms with Crippen molar-refractivity contribution in [2.24, 2.45) is 5.92 Å². The molecule has 1 fully saturated rings. The fourth-order valence-corrected chi connectivity index (χ4v) is 3.54. The summed E-state index contributed by atoms with van der Waals surface area (Å²) >= 11 is 0. The number of nitrogens with one attached hydrogen (secondary N) is 2. The number of carbonyl (C=O) groups excluding carboxylic acids is 1. The minimum absolute atomic E-state index is 0.184. The van der Waals surface area contributed by atoms with Crippen molar-refractivity contribution < 1.29 is 4.79 Å². The van der Waals surface area contributed by atoms with Crippen molar-refractivity contribution >= 4 is 5.91 Å². The molecule has 3 heteroatoms. The van der Waals surface area contributed by atoms with E-state index in [0.717, 1.165) is 38.8 Å². The summed E-state index contributed by atoms with van der Waals surface area (Å²) in [6, 6.07) is 8.64.